The number of carbonyl (C=O) groups excluding carboxylic acids is 2. The Labute approximate surface area is 209 Å². The molecular weight excluding hydrogens is 472 g/mol. The number of nitrogens with zero attached hydrogens (tertiary/aromatic N) is 2. The normalized spacial score (nSPS) is 20.4. The van der Waals surface area contributed by atoms with Crippen molar-refractivity contribution in [2.75, 3.05) is 46.0 Å². The topological polar surface area (TPSA) is 99.5 Å². The van der Waals surface area contributed by atoms with Crippen molar-refractivity contribution in [3.63, 3.8) is 0 Å². The Morgan fingerprint density at radius 1 is 1.11 bits per heavy atom. The molecule has 1 amide bonds. The summed E-state index contributed by atoms with van der Waals surface area (Å²) in [5, 5.41) is 21.8. The van der Waals surface area contributed by atoms with Gasteiger partial charge in [-0.25, -0.2) is 0 Å². The summed E-state index contributed by atoms with van der Waals surface area (Å²) in [4.78, 5) is 30.1. The molecule has 35 heavy (non-hydrogen) atoms. The molecule has 2 N–H and O–H groups in total. The highest BCUT2D eigenvalue weighted by atomic mass is 35.5. The molecular formula is C26H29ClN2O6. The molecule has 0 bridgehead atoms. The summed E-state index contributed by atoms with van der Waals surface area (Å²) in [6.45, 7) is 6.23. The van der Waals surface area contributed by atoms with Crippen LogP contribution in [0.25, 0.3) is 5.76 Å². The maximum absolute atomic E-state index is 13.2. The number of likely N-dealkylation sites (tertiary alicyclic amines) is 1. The molecule has 9 heteroatoms. The number of aliphatic hydroxyl groups is 1. The van der Waals surface area contributed by atoms with Crippen LogP contribution >= 0.6 is 11.6 Å². The highest BCUT2D eigenvalue weighted by Crippen LogP contribution is 2.42. The number of halogens is 1. The third-order valence-electron chi connectivity index (χ3n) is 6.23. The quantitative estimate of drug-likeness (QED) is 0.324. The van der Waals surface area contributed by atoms with Crippen LogP contribution in [0.3, 0.4) is 0 Å². The zero-order valence-corrected chi connectivity index (χ0v) is 20.3. The first-order valence-corrected chi connectivity index (χ1v) is 12.1. The fourth-order valence-electron chi connectivity index (χ4n) is 4.48. The van der Waals surface area contributed by atoms with Crippen LogP contribution in [0.5, 0.6) is 11.5 Å². The van der Waals surface area contributed by atoms with E-state index in [4.69, 9.17) is 21.1 Å². The number of rotatable bonds is 8. The molecule has 2 aliphatic rings. The molecule has 186 valence electrons. The van der Waals surface area contributed by atoms with Gasteiger partial charge in [0.05, 0.1) is 31.4 Å². The van der Waals surface area contributed by atoms with Gasteiger partial charge >= 0.3 is 0 Å². The lowest BCUT2D eigenvalue weighted by atomic mass is 9.95. The molecule has 4 rings (SSSR count). The molecule has 8 nitrogen and oxygen atoms in total. The maximum Gasteiger partial charge on any atom is 0.295 e. The number of morpholine rings is 1. The van der Waals surface area contributed by atoms with Crippen LogP contribution in [0.4, 0.5) is 0 Å². The largest absolute Gasteiger partial charge is 0.507 e. The molecule has 0 aromatic heterocycles. The van der Waals surface area contributed by atoms with E-state index >= 15 is 0 Å². The number of Topliss-reactive ketones (excluding diaryl/α,β-unsaturated/α-hetero) is 1. The number of hydrogen-bond acceptors (Lipinski definition) is 7. The van der Waals surface area contributed by atoms with E-state index in [1.807, 2.05) is 0 Å². The van der Waals surface area contributed by atoms with Gasteiger partial charge < -0.3 is 24.6 Å². The van der Waals surface area contributed by atoms with Gasteiger partial charge in [-0.1, -0.05) is 17.7 Å². The molecule has 2 aliphatic heterocycles. The van der Waals surface area contributed by atoms with E-state index in [0.29, 0.717) is 48.9 Å². The SMILES string of the molecule is CCOc1cc(C2/C(=C(\O)c3ccc(Cl)cc3)C(=O)C(=O)N2CCCN2CCOCC2)ccc1O. The first kappa shape index (κ1) is 25.0. The van der Waals surface area contributed by atoms with Gasteiger partial charge in [0.15, 0.2) is 11.5 Å². The second-order valence-electron chi connectivity index (χ2n) is 8.47. The number of benzene rings is 2. The Morgan fingerprint density at radius 2 is 1.83 bits per heavy atom. The first-order chi connectivity index (χ1) is 16.9. The number of carbonyl (C=O) groups is 2. The summed E-state index contributed by atoms with van der Waals surface area (Å²) in [7, 11) is 0. The van der Waals surface area contributed by atoms with Gasteiger partial charge in [-0.05, 0) is 55.3 Å². The van der Waals surface area contributed by atoms with Crippen molar-refractivity contribution >= 4 is 29.1 Å². The van der Waals surface area contributed by atoms with Crippen molar-refractivity contribution < 1.29 is 29.3 Å². The number of aliphatic hydroxyl groups excluding tert-OH is 1. The molecule has 2 aromatic rings. The Kier molecular flexibility index (Phi) is 7.95. The van der Waals surface area contributed by atoms with Crippen molar-refractivity contribution in [1.29, 1.82) is 0 Å². The molecule has 2 saturated heterocycles. The minimum atomic E-state index is -0.824. The highest BCUT2D eigenvalue weighted by molar-refractivity contribution is 6.46. The third kappa shape index (κ3) is 5.45. The molecule has 0 spiro atoms. The van der Waals surface area contributed by atoms with Crippen LogP contribution in [0, 0.1) is 0 Å². The van der Waals surface area contributed by atoms with E-state index in [-0.39, 0.29) is 22.8 Å². The summed E-state index contributed by atoms with van der Waals surface area (Å²) in [6, 6.07) is 10.3. The predicted molar refractivity (Wildman–Crippen MR) is 132 cm³/mol. The molecule has 2 fully saturated rings. The van der Waals surface area contributed by atoms with Crippen LogP contribution in [0.15, 0.2) is 48.0 Å². The molecule has 0 radical (unpaired) electrons. The average Bonchev–Trinajstić information content (AvgIpc) is 3.11. The van der Waals surface area contributed by atoms with Crippen LogP contribution in [-0.4, -0.2) is 77.7 Å². The Balaban J connectivity index is 1.71. The zero-order chi connectivity index (χ0) is 24.9. The van der Waals surface area contributed by atoms with E-state index < -0.39 is 17.7 Å². The fourth-order valence-corrected chi connectivity index (χ4v) is 4.61. The summed E-state index contributed by atoms with van der Waals surface area (Å²) in [5.74, 6) is -1.49. The lowest BCUT2D eigenvalue weighted by Crippen LogP contribution is -2.38. The Hall–Kier alpha value is -3.07. The minimum absolute atomic E-state index is 0.00293. The van der Waals surface area contributed by atoms with Gasteiger partial charge in [-0.15, -0.1) is 0 Å². The zero-order valence-electron chi connectivity index (χ0n) is 19.6. The lowest BCUT2D eigenvalue weighted by molar-refractivity contribution is -0.140. The highest BCUT2D eigenvalue weighted by Gasteiger charge is 2.46. The smallest absolute Gasteiger partial charge is 0.295 e. The summed E-state index contributed by atoms with van der Waals surface area (Å²) in [5.41, 5.74) is 0.943. The number of phenols is 1. The van der Waals surface area contributed by atoms with Crippen LogP contribution in [0.1, 0.15) is 30.5 Å². The van der Waals surface area contributed by atoms with E-state index in [2.05, 4.69) is 4.90 Å². The molecule has 2 heterocycles. The van der Waals surface area contributed by atoms with E-state index in [0.717, 1.165) is 19.6 Å². The summed E-state index contributed by atoms with van der Waals surface area (Å²) < 4.78 is 10.9. The van der Waals surface area contributed by atoms with Crippen molar-refractivity contribution in [3.8, 4) is 11.5 Å². The first-order valence-electron chi connectivity index (χ1n) is 11.7. The monoisotopic (exact) mass is 500 g/mol. The predicted octanol–water partition coefficient (Wildman–Crippen LogP) is 3.59. The number of aromatic hydroxyl groups is 1. The van der Waals surface area contributed by atoms with Gasteiger partial charge in [0.1, 0.15) is 5.76 Å². The van der Waals surface area contributed by atoms with Gasteiger partial charge in [0, 0.05) is 36.8 Å². The fraction of sp³-hybridized carbons (Fsp3) is 0.385. The number of amides is 1. The van der Waals surface area contributed by atoms with Crippen molar-refractivity contribution in [2.45, 2.75) is 19.4 Å². The van der Waals surface area contributed by atoms with E-state index in [1.54, 1.807) is 43.3 Å². The minimum Gasteiger partial charge on any atom is -0.507 e. The van der Waals surface area contributed by atoms with Crippen LogP contribution in [0.2, 0.25) is 5.02 Å². The van der Waals surface area contributed by atoms with Gasteiger partial charge in [-0.3, -0.25) is 14.5 Å². The third-order valence-corrected chi connectivity index (χ3v) is 6.49. The molecule has 0 aliphatic carbocycles. The Morgan fingerprint density at radius 3 is 2.51 bits per heavy atom. The second-order valence-corrected chi connectivity index (χ2v) is 8.90. The molecule has 1 unspecified atom stereocenters. The van der Waals surface area contributed by atoms with Crippen LogP contribution < -0.4 is 4.74 Å². The lowest BCUT2D eigenvalue weighted by Gasteiger charge is -2.29. The number of ketones is 1. The van der Waals surface area contributed by atoms with Gasteiger partial charge in [0.2, 0.25) is 0 Å². The summed E-state index contributed by atoms with van der Waals surface area (Å²) in [6.07, 6.45) is 0.654. The number of phenolic OH excluding ortho intramolecular Hbond substituents is 1. The van der Waals surface area contributed by atoms with Crippen LogP contribution in [-0.2, 0) is 14.3 Å². The van der Waals surface area contributed by atoms with E-state index in [9.17, 15) is 19.8 Å². The molecule has 0 saturated carbocycles. The van der Waals surface area contributed by atoms with Gasteiger partial charge in [-0.2, -0.15) is 0 Å². The molecule has 1 atom stereocenters. The number of ether oxygens (including phenoxy) is 2. The van der Waals surface area contributed by atoms with Crippen molar-refractivity contribution in [2.24, 2.45) is 0 Å². The van der Waals surface area contributed by atoms with Gasteiger partial charge in [0.25, 0.3) is 11.7 Å². The standard InChI is InChI=1S/C26H29ClN2O6/c1-2-35-21-16-18(6-9-20(21)30)23-22(24(31)17-4-7-19(27)8-5-17)25(32)26(33)29(23)11-3-10-28-12-14-34-15-13-28/h4-9,16,23,30-31H,2-3,10-15H2,1H3/b24-22+. The average molecular weight is 501 g/mol. The Bertz CT molecular complexity index is 1110. The maximum atomic E-state index is 13.2. The van der Waals surface area contributed by atoms with Crippen molar-refractivity contribution in [1.82, 2.24) is 9.80 Å². The van der Waals surface area contributed by atoms with E-state index in [1.165, 1.54) is 11.0 Å². The summed E-state index contributed by atoms with van der Waals surface area (Å²) >= 11 is 5.98. The number of hydrogen-bond donors (Lipinski definition) is 2. The molecule has 2 aromatic carbocycles. The van der Waals surface area contributed by atoms with Crippen molar-refractivity contribution in [3.05, 3.63) is 64.2 Å². The second kappa shape index (κ2) is 11.1.